The van der Waals surface area contributed by atoms with Crippen LogP contribution in [0.1, 0.15) is 6.92 Å². The van der Waals surface area contributed by atoms with Crippen LogP contribution in [0.2, 0.25) is 5.15 Å². The molecule has 1 saturated heterocycles. The Kier molecular flexibility index (Phi) is 2.73. The fourth-order valence-corrected chi connectivity index (χ4v) is 1.78. The van der Waals surface area contributed by atoms with Crippen molar-refractivity contribution in [2.24, 2.45) is 0 Å². The summed E-state index contributed by atoms with van der Waals surface area (Å²) >= 11 is 5.88. The summed E-state index contributed by atoms with van der Waals surface area (Å²) < 4.78 is 0. The Morgan fingerprint density at radius 3 is 2.80 bits per heavy atom. The number of nitrogens with zero attached hydrogens (tertiary/aromatic N) is 3. The summed E-state index contributed by atoms with van der Waals surface area (Å²) in [6.07, 6.45) is 3.16. The van der Waals surface area contributed by atoms with Gasteiger partial charge in [-0.2, -0.15) is 0 Å². The number of anilines is 1. The molecule has 1 amide bonds. The van der Waals surface area contributed by atoms with Crippen LogP contribution in [0, 0.1) is 0 Å². The van der Waals surface area contributed by atoms with E-state index in [0.29, 0.717) is 11.0 Å². The van der Waals surface area contributed by atoms with Crippen molar-refractivity contribution in [1.82, 2.24) is 15.3 Å². The highest BCUT2D eigenvalue weighted by Crippen LogP contribution is 2.24. The molecule has 2 rings (SSSR count). The number of halogens is 1. The molecule has 6 heteroatoms. The van der Waals surface area contributed by atoms with Gasteiger partial charge in [0.1, 0.15) is 0 Å². The normalized spacial score (nSPS) is 16.0. The van der Waals surface area contributed by atoms with Crippen LogP contribution in [0.25, 0.3) is 0 Å². The first-order chi connectivity index (χ1) is 7.16. The molecule has 0 saturated carbocycles. The highest BCUT2D eigenvalue weighted by molar-refractivity contribution is 6.31. The molecule has 5 nitrogen and oxygen atoms in total. The van der Waals surface area contributed by atoms with Gasteiger partial charge in [-0.1, -0.05) is 11.6 Å². The molecule has 1 aliphatic heterocycles. The standard InChI is InChI=1S/C9H11ClN4O/c1-6(15)13-7-4-14(5-7)9-8(10)11-2-3-12-9/h2-3,7H,4-5H2,1H3,(H,13,15). The molecule has 1 N–H and O–H groups in total. The number of carbonyl (C=O) groups is 1. The third kappa shape index (κ3) is 2.18. The van der Waals surface area contributed by atoms with Crippen molar-refractivity contribution in [3.05, 3.63) is 17.5 Å². The van der Waals surface area contributed by atoms with Gasteiger partial charge in [-0.15, -0.1) is 0 Å². The SMILES string of the molecule is CC(=O)NC1CN(c2nccnc2Cl)C1. The average molecular weight is 227 g/mol. The Labute approximate surface area is 92.5 Å². The van der Waals surface area contributed by atoms with Gasteiger partial charge in [-0.05, 0) is 0 Å². The molecule has 0 atom stereocenters. The van der Waals surface area contributed by atoms with E-state index in [0.717, 1.165) is 13.1 Å². The van der Waals surface area contributed by atoms with E-state index in [9.17, 15) is 4.79 Å². The highest BCUT2D eigenvalue weighted by Gasteiger charge is 2.29. The van der Waals surface area contributed by atoms with Gasteiger partial charge in [-0.25, -0.2) is 9.97 Å². The second kappa shape index (κ2) is 4.02. The predicted octanol–water partition coefficient (Wildman–Crippen LogP) is 0.455. The third-order valence-corrected chi connectivity index (χ3v) is 2.49. The molecule has 1 aromatic rings. The van der Waals surface area contributed by atoms with Gasteiger partial charge in [0.05, 0.1) is 6.04 Å². The molecule has 80 valence electrons. The largest absolute Gasteiger partial charge is 0.350 e. The zero-order valence-electron chi connectivity index (χ0n) is 8.27. The topological polar surface area (TPSA) is 58.1 Å². The summed E-state index contributed by atoms with van der Waals surface area (Å²) in [6, 6.07) is 0.195. The number of carbonyl (C=O) groups excluding carboxylic acids is 1. The molecule has 0 spiro atoms. The molecule has 0 radical (unpaired) electrons. The number of rotatable bonds is 2. The number of hydrogen-bond acceptors (Lipinski definition) is 4. The number of aromatic nitrogens is 2. The van der Waals surface area contributed by atoms with Gasteiger partial charge >= 0.3 is 0 Å². The van der Waals surface area contributed by atoms with Crippen LogP contribution in [0.15, 0.2) is 12.4 Å². The lowest BCUT2D eigenvalue weighted by Crippen LogP contribution is -2.59. The first kappa shape index (κ1) is 10.2. The molecule has 15 heavy (non-hydrogen) atoms. The van der Waals surface area contributed by atoms with Crippen molar-refractivity contribution >= 4 is 23.3 Å². The van der Waals surface area contributed by atoms with Crippen LogP contribution < -0.4 is 10.2 Å². The van der Waals surface area contributed by atoms with Gasteiger partial charge < -0.3 is 10.2 Å². The van der Waals surface area contributed by atoms with Crippen LogP contribution in [-0.2, 0) is 4.79 Å². The van der Waals surface area contributed by atoms with Crippen molar-refractivity contribution < 1.29 is 4.79 Å². The fraction of sp³-hybridized carbons (Fsp3) is 0.444. The van der Waals surface area contributed by atoms with Gasteiger partial charge in [-0.3, -0.25) is 4.79 Å². The van der Waals surface area contributed by atoms with E-state index in [4.69, 9.17) is 11.6 Å². The first-order valence-electron chi connectivity index (χ1n) is 4.65. The molecular weight excluding hydrogens is 216 g/mol. The molecule has 0 aliphatic carbocycles. The molecule has 2 heterocycles. The lowest BCUT2D eigenvalue weighted by molar-refractivity contribution is -0.119. The Morgan fingerprint density at radius 1 is 1.53 bits per heavy atom. The van der Waals surface area contributed by atoms with E-state index in [1.54, 1.807) is 12.4 Å². The van der Waals surface area contributed by atoms with Gasteiger partial charge in [0, 0.05) is 32.4 Å². The fourth-order valence-electron chi connectivity index (χ4n) is 1.56. The molecule has 0 bridgehead atoms. The third-order valence-electron chi connectivity index (χ3n) is 2.22. The van der Waals surface area contributed by atoms with E-state index < -0.39 is 0 Å². The van der Waals surface area contributed by atoms with E-state index in [1.807, 2.05) is 4.90 Å². The molecule has 0 unspecified atom stereocenters. The Bertz CT molecular complexity index is 378. The maximum absolute atomic E-state index is 10.8. The van der Waals surface area contributed by atoms with Crippen molar-refractivity contribution in [3.8, 4) is 0 Å². The van der Waals surface area contributed by atoms with Crippen molar-refractivity contribution in [1.29, 1.82) is 0 Å². The van der Waals surface area contributed by atoms with Crippen LogP contribution in [0.4, 0.5) is 5.82 Å². The van der Waals surface area contributed by atoms with Crippen molar-refractivity contribution in [2.75, 3.05) is 18.0 Å². The number of hydrogen-bond donors (Lipinski definition) is 1. The second-order valence-electron chi connectivity index (χ2n) is 3.47. The quantitative estimate of drug-likeness (QED) is 0.796. The Morgan fingerprint density at radius 2 is 2.20 bits per heavy atom. The molecule has 1 fully saturated rings. The molecular formula is C9H11ClN4O. The maximum Gasteiger partial charge on any atom is 0.217 e. The smallest absolute Gasteiger partial charge is 0.217 e. The van der Waals surface area contributed by atoms with Crippen molar-refractivity contribution in [2.45, 2.75) is 13.0 Å². The summed E-state index contributed by atoms with van der Waals surface area (Å²) in [5, 5.41) is 3.23. The summed E-state index contributed by atoms with van der Waals surface area (Å²) in [6.45, 7) is 2.98. The monoisotopic (exact) mass is 226 g/mol. The van der Waals surface area contributed by atoms with E-state index in [1.165, 1.54) is 6.92 Å². The minimum absolute atomic E-state index is 0.00936. The summed E-state index contributed by atoms with van der Waals surface area (Å²) in [4.78, 5) is 20.8. The minimum atomic E-state index is -0.00936. The molecule has 0 aromatic carbocycles. The average Bonchev–Trinajstić information content (AvgIpc) is 2.12. The molecule has 1 aliphatic rings. The minimum Gasteiger partial charge on any atom is -0.350 e. The zero-order valence-corrected chi connectivity index (χ0v) is 9.03. The summed E-state index contributed by atoms with van der Waals surface area (Å²) in [5.74, 6) is 0.672. The van der Waals surface area contributed by atoms with E-state index in [-0.39, 0.29) is 11.9 Å². The van der Waals surface area contributed by atoms with Crippen molar-refractivity contribution in [3.63, 3.8) is 0 Å². The van der Waals surface area contributed by atoms with Gasteiger partial charge in [0.25, 0.3) is 0 Å². The van der Waals surface area contributed by atoms with Crippen LogP contribution >= 0.6 is 11.6 Å². The van der Waals surface area contributed by atoms with E-state index in [2.05, 4.69) is 15.3 Å². The van der Waals surface area contributed by atoms with Crippen LogP contribution in [0.3, 0.4) is 0 Å². The van der Waals surface area contributed by atoms with Crippen LogP contribution in [-0.4, -0.2) is 35.0 Å². The maximum atomic E-state index is 10.8. The van der Waals surface area contributed by atoms with Gasteiger partial charge in [0.15, 0.2) is 11.0 Å². The first-order valence-corrected chi connectivity index (χ1v) is 5.03. The zero-order chi connectivity index (χ0) is 10.8. The summed E-state index contributed by atoms with van der Waals surface area (Å²) in [5.41, 5.74) is 0. The Balaban J connectivity index is 1.95. The lowest BCUT2D eigenvalue weighted by Gasteiger charge is -2.40. The number of amides is 1. The highest BCUT2D eigenvalue weighted by atomic mass is 35.5. The second-order valence-corrected chi connectivity index (χ2v) is 3.83. The molecule has 1 aromatic heterocycles. The Hall–Kier alpha value is -1.36. The van der Waals surface area contributed by atoms with Gasteiger partial charge in [0.2, 0.25) is 5.91 Å². The van der Waals surface area contributed by atoms with Crippen LogP contribution in [0.5, 0.6) is 0 Å². The van der Waals surface area contributed by atoms with E-state index >= 15 is 0 Å². The predicted molar refractivity (Wildman–Crippen MR) is 56.9 cm³/mol. The summed E-state index contributed by atoms with van der Waals surface area (Å²) in [7, 11) is 0. The number of nitrogens with one attached hydrogen (secondary N) is 1. The lowest BCUT2D eigenvalue weighted by atomic mass is 10.1.